The first-order chi connectivity index (χ1) is 12.1. The number of carbonyl (C=O) groups is 1. The zero-order valence-electron chi connectivity index (χ0n) is 14.3. The van der Waals surface area contributed by atoms with Crippen LogP contribution in [0, 0.1) is 11.3 Å². The van der Waals surface area contributed by atoms with Crippen molar-refractivity contribution < 1.29 is 9.53 Å². The van der Waals surface area contributed by atoms with Crippen molar-refractivity contribution in [1.29, 1.82) is 5.26 Å². The fourth-order valence-corrected chi connectivity index (χ4v) is 2.22. The van der Waals surface area contributed by atoms with Gasteiger partial charge in [-0.1, -0.05) is 42.5 Å². The van der Waals surface area contributed by atoms with Crippen molar-refractivity contribution in [1.82, 2.24) is 10.6 Å². The third-order valence-corrected chi connectivity index (χ3v) is 3.75. The second kappa shape index (κ2) is 9.14. The van der Waals surface area contributed by atoms with Crippen LogP contribution >= 0.6 is 0 Å². The van der Waals surface area contributed by atoms with E-state index in [4.69, 9.17) is 4.74 Å². The second-order valence-corrected chi connectivity index (χ2v) is 5.50. The van der Waals surface area contributed by atoms with Crippen LogP contribution in [0.3, 0.4) is 0 Å². The molecule has 0 fully saturated rings. The van der Waals surface area contributed by atoms with Crippen LogP contribution in [0.4, 0.5) is 0 Å². The average molecular weight is 335 g/mol. The lowest BCUT2D eigenvalue weighted by Crippen LogP contribution is -2.25. The molecule has 0 aromatic heterocycles. The van der Waals surface area contributed by atoms with E-state index in [1.165, 1.54) is 6.20 Å². The van der Waals surface area contributed by atoms with Gasteiger partial charge < -0.3 is 15.4 Å². The van der Waals surface area contributed by atoms with Gasteiger partial charge in [-0.25, -0.2) is 0 Å². The van der Waals surface area contributed by atoms with Gasteiger partial charge in [-0.15, -0.1) is 0 Å². The standard InChI is InChI=1S/C20H21N3O2/c1-15(17-8-10-19(25-2)11-9-17)22-14-18(12-21)20(24)23-13-16-6-4-3-5-7-16/h3-11,14-15,22H,13H2,1-2H3,(H,23,24)/b18-14-. The highest BCUT2D eigenvalue weighted by molar-refractivity contribution is 5.97. The van der Waals surface area contributed by atoms with E-state index in [0.29, 0.717) is 6.54 Å². The summed E-state index contributed by atoms with van der Waals surface area (Å²) in [5.41, 5.74) is 2.04. The molecule has 0 saturated carbocycles. The maximum atomic E-state index is 12.1. The van der Waals surface area contributed by atoms with E-state index in [-0.39, 0.29) is 11.6 Å². The molecule has 25 heavy (non-hydrogen) atoms. The number of rotatable bonds is 7. The van der Waals surface area contributed by atoms with Gasteiger partial charge in [-0.3, -0.25) is 4.79 Å². The van der Waals surface area contributed by atoms with Gasteiger partial charge in [0.1, 0.15) is 17.4 Å². The van der Waals surface area contributed by atoms with Crippen molar-refractivity contribution in [3.8, 4) is 11.8 Å². The van der Waals surface area contributed by atoms with Gasteiger partial charge in [0, 0.05) is 18.8 Å². The molecule has 1 unspecified atom stereocenters. The van der Waals surface area contributed by atoms with E-state index in [9.17, 15) is 10.1 Å². The summed E-state index contributed by atoms with van der Waals surface area (Å²) in [6, 6.07) is 19.1. The van der Waals surface area contributed by atoms with Crippen molar-refractivity contribution in [3.63, 3.8) is 0 Å². The third-order valence-electron chi connectivity index (χ3n) is 3.75. The molecule has 2 aromatic carbocycles. The Morgan fingerprint density at radius 2 is 1.88 bits per heavy atom. The molecule has 0 aliphatic rings. The first kappa shape index (κ1) is 18.1. The molecule has 5 heteroatoms. The van der Waals surface area contributed by atoms with E-state index in [2.05, 4.69) is 10.6 Å². The fraction of sp³-hybridized carbons (Fsp3) is 0.200. The number of nitrogens with zero attached hydrogens (tertiary/aromatic N) is 1. The first-order valence-corrected chi connectivity index (χ1v) is 7.96. The number of benzene rings is 2. The lowest BCUT2D eigenvalue weighted by molar-refractivity contribution is -0.117. The molecule has 0 aliphatic heterocycles. The van der Waals surface area contributed by atoms with E-state index >= 15 is 0 Å². The summed E-state index contributed by atoms with van der Waals surface area (Å²) in [4.78, 5) is 12.1. The van der Waals surface area contributed by atoms with E-state index in [1.54, 1.807) is 7.11 Å². The molecule has 0 bridgehead atoms. The summed E-state index contributed by atoms with van der Waals surface area (Å²) < 4.78 is 5.13. The van der Waals surface area contributed by atoms with Crippen LogP contribution in [0.25, 0.3) is 0 Å². The van der Waals surface area contributed by atoms with Gasteiger partial charge in [0.2, 0.25) is 0 Å². The number of methoxy groups -OCH3 is 1. The summed E-state index contributed by atoms with van der Waals surface area (Å²) >= 11 is 0. The summed E-state index contributed by atoms with van der Waals surface area (Å²) in [6.45, 7) is 2.34. The fourth-order valence-electron chi connectivity index (χ4n) is 2.22. The zero-order valence-corrected chi connectivity index (χ0v) is 14.3. The highest BCUT2D eigenvalue weighted by Gasteiger charge is 2.10. The molecule has 2 N–H and O–H groups in total. The maximum Gasteiger partial charge on any atom is 0.263 e. The zero-order chi connectivity index (χ0) is 18.1. The monoisotopic (exact) mass is 335 g/mol. The highest BCUT2D eigenvalue weighted by Crippen LogP contribution is 2.17. The molecule has 0 spiro atoms. The van der Waals surface area contributed by atoms with Crippen LogP contribution in [0.2, 0.25) is 0 Å². The summed E-state index contributed by atoms with van der Waals surface area (Å²) in [7, 11) is 1.62. The summed E-state index contributed by atoms with van der Waals surface area (Å²) in [6.07, 6.45) is 1.45. The molecule has 1 amide bonds. The van der Waals surface area contributed by atoms with Crippen molar-refractivity contribution in [2.75, 3.05) is 7.11 Å². The molecule has 0 heterocycles. The number of nitrogens with one attached hydrogen (secondary N) is 2. The average Bonchev–Trinajstić information content (AvgIpc) is 2.67. The van der Waals surface area contributed by atoms with Gasteiger partial charge in [0.25, 0.3) is 5.91 Å². The van der Waals surface area contributed by atoms with Crippen molar-refractivity contribution >= 4 is 5.91 Å². The molecule has 1 atom stereocenters. The van der Waals surface area contributed by atoms with Gasteiger partial charge >= 0.3 is 0 Å². The topological polar surface area (TPSA) is 74.1 Å². The van der Waals surface area contributed by atoms with Crippen LogP contribution in [0.5, 0.6) is 5.75 Å². The molecular weight excluding hydrogens is 314 g/mol. The quantitative estimate of drug-likeness (QED) is 0.602. The van der Waals surface area contributed by atoms with Gasteiger partial charge in [0.05, 0.1) is 7.11 Å². The van der Waals surface area contributed by atoms with Crippen molar-refractivity contribution in [2.24, 2.45) is 0 Å². The number of nitriles is 1. The summed E-state index contributed by atoms with van der Waals surface area (Å²) in [5.74, 6) is 0.380. The van der Waals surface area contributed by atoms with Crippen molar-refractivity contribution in [2.45, 2.75) is 19.5 Å². The Labute approximate surface area is 147 Å². The molecule has 0 saturated heterocycles. The molecule has 0 aliphatic carbocycles. The maximum absolute atomic E-state index is 12.1. The Hall–Kier alpha value is -3.26. The van der Waals surface area contributed by atoms with Gasteiger partial charge in [-0.05, 0) is 30.2 Å². The van der Waals surface area contributed by atoms with Crippen molar-refractivity contribution in [3.05, 3.63) is 77.5 Å². The molecule has 2 aromatic rings. The van der Waals surface area contributed by atoms with E-state index in [0.717, 1.165) is 16.9 Å². The summed E-state index contributed by atoms with van der Waals surface area (Å²) in [5, 5.41) is 15.0. The SMILES string of the molecule is COc1ccc(C(C)N/C=C(/C#N)C(=O)NCc2ccccc2)cc1. The van der Waals surface area contributed by atoms with Crippen LogP contribution < -0.4 is 15.4 Å². The smallest absolute Gasteiger partial charge is 0.263 e. The third kappa shape index (κ3) is 5.40. The normalized spacial score (nSPS) is 12.0. The predicted octanol–water partition coefficient (Wildman–Crippen LogP) is 3.07. The number of amides is 1. The minimum atomic E-state index is -0.402. The van der Waals surface area contributed by atoms with Gasteiger partial charge in [0.15, 0.2) is 0 Å². The number of ether oxygens (including phenoxy) is 1. The Morgan fingerprint density at radius 1 is 1.20 bits per heavy atom. The minimum absolute atomic E-state index is 0.0382. The van der Waals surface area contributed by atoms with E-state index < -0.39 is 5.91 Å². The largest absolute Gasteiger partial charge is 0.497 e. The lowest BCUT2D eigenvalue weighted by Gasteiger charge is -2.13. The van der Waals surface area contributed by atoms with Crippen LogP contribution in [0.15, 0.2) is 66.4 Å². The van der Waals surface area contributed by atoms with Crippen LogP contribution in [-0.2, 0) is 11.3 Å². The minimum Gasteiger partial charge on any atom is -0.497 e. The highest BCUT2D eigenvalue weighted by atomic mass is 16.5. The Kier molecular flexibility index (Phi) is 6.61. The lowest BCUT2D eigenvalue weighted by atomic mass is 10.1. The molecule has 5 nitrogen and oxygen atoms in total. The van der Waals surface area contributed by atoms with Crippen LogP contribution in [0.1, 0.15) is 24.1 Å². The molecule has 128 valence electrons. The number of carbonyl (C=O) groups excluding carboxylic acids is 1. The first-order valence-electron chi connectivity index (χ1n) is 7.96. The Balaban J connectivity index is 1.94. The molecule has 2 rings (SSSR count). The second-order valence-electron chi connectivity index (χ2n) is 5.50. The van der Waals surface area contributed by atoms with Crippen LogP contribution in [-0.4, -0.2) is 13.0 Å². The van der Waals surface area contributed by atoms with E-state index in [1.807, 2.05) is 67.6 Å². The Bertz CT molecular complexity index is 762. The molecule has 0 radical (unpaired) electrons. The molecular formula is C20H21N3O2. The number of hydrogen-bond donors (Lipinski definition) is 2. The Morgan fingerprint density at radius 3 is 2.48 bits per heavy atom. The predicted molar refractivity (Wildman–Crippen MR) is 96.5 cm³/mol. The number of hydrogen-bond acceptors (Lipinski definition) is 4. The van der Waals surface area contributed by atoms with Gasteiger partial charge in [-0.2, -0.15) is 5.26 Å².